The summed E-state index contributed by atoms with van der Waals surface area (Å²) in [5.74, 6) is 2.07. The Bertz CT molecular complexity index is 2600. The molecule has 0 atom stereocenters. The summed E-state index contributed by atoms with van der Waals surface area (Å²) in [4.78, 5) is 19.0. The van der Waals surface area contributed by atoms with Gasteiger partial charge in [0.15, 0.2) is 5.78 Å². The molecule has 0 unspecified atom stereocenters. The number of benzene rings is 5. The Hall–Kier alpha value is -5.28. The minimum atomic E-state index is -4.78. The Kier molecular flexibility index (Phi) is 16.2. The van der Waals surface area contributed by atoms with Crippen LogP contribution in [0.5, 0.6) is 23.0 Å². The van der Waals surface area contributed by atoms with Gasteiger partial charge >= 0.3 is 6.36 Å². The maximum atomic E-state index is 14.2. The van der Waals surface area contributed by atoms with E-state index >= 15 is 0 Å². The van der Waals surface area contributed by atoms with Crippen LogP contribution >= 0.6 is 23.2 Å². The number of hydrogen-bond acceptors (Lipinski definition) is 9. The van der Waals surface area contributed by atoms with Gasteiger partial charge in [-0.25, -0.2) is 0 Å². The van der Waals surface area contributed by atoms with Crippen LogP contribution in [-0.2, 0) is 37.6 Å². The van der Waals surface area contributed by atoms with Crippen LogP contribution in [0.4, 0.5) is 13.2 Å². The highest BCUT2D eigenvalue weighted by molar-refractivity contribution is 6.36. The third-order valence-corrected chi connectivity index (χ3v) is 13.8. The standard InChI is InChI=1S/C53H58Cl2F3N5O5/c1-65-43-28-39(29-44(31-43)66-2)36-67-42-8-5-7-37(27-42)32-60-52(18-20-59-21-19-52)51(64)11-3-4-22-63-35-46(40-13-15-41(16-14-40)68-53(56,57)58)45-30-38(12-17-50(45)63)33-61-23-25-62(26-24-61)34-47-48(54)9-6-10-49(47)55/h5-10,12-17,27-31,35,59-60H,3-4,11,18-26,32-34,36H2,1-2H3. The monoisotopic (exact) mass is 971 g/mol. The number of ketones is 1. The molecule has 5 aromatic carbocycles. The number of nitrogens with one attached hydrogen (secondary N) is 2. The first kappa shape index (κ1) is 49.2. The minimum Gasteiger partial charge on any atom is -0.497 e. The van der Waals surface area contributed by atoms with Gasteiger partial charge < -0.3 is 34.1 Å². The number of piperidine rings is 1. The number of methoxy groups -OCH3 is 2. The van der Waals surface area contributed by atoms with Gasteiger partial charge in [-0.3, -0.25) is 14.6 Å². The number of aryl methyl sites for hydroxylation is 1. The number of piperazine rings is 1. The first-order chi connectivity index (χ1) is 32.9. The molecule has 0 spiro atoms. The van der Waals surface area contributed by atoms with Crippen molar-refractivity contribution in [2.24, 2.45) is 0 Å². The average Bonchev–Trinajstić information content (AvgIpc) is 3.70. The van der Waals surface area contributed by atoms with Crippen molar-refractivity contribution in [1.29, 1.82) is 0 Å². The van der Waals surface area contributed by atoms with Gasteiger partial charge in [-0.15, -0.1) is 13.2 Å². The van der Waals surface area contributed by atoms with E-state index in [1.165, 1.54) is 12.1 Å². The fourth-order valence-corrected chi connectivity index (χ4v) is 9.83. The molecule has 0 aliphatic carbocycles. The second kappa shape index (κ2) is 22.4. The maximum absolute atomic E-state index is 14.2. The Balaban J connectivity index is 0.907. The van der Waals surface area contributed by atoms with E-state index in [0.29, 0.717) is 73.5 Å². The van der Waals surface area contributed by atoms with Crippen molar-refractivity contribution in [1.82, 2.24) is 25.0 Å². The molecule has 15 heteroatoms. The summed E-state index contributed by atoms with van der Waals surface area (Å²) in [6.45, 7) is 8.01. The summed E-state index contributed by atoms with van der Waals surface area (Å²) >= 11 is 12.9. The highest BCUT2D eigenvalue weighted by Gasteiger charge is 2.38. The maximum Gasteiger partial charge on any atom is 0.573 e. The number of ether oxygens (including phenoxy) is 4. The molecule has 2 saturated heterocycles. The van der Waals surface area contributed by atoms with Gasteiger partial charge in [0.1, 0.15) is 29.6 Å². The molecule has 0 bridgehead atoms. The summed E-state index contributed by atoms with van der Waals surface area (Å²) < 4.78 is 62.5. The van der Waals surface area contributed by atoms with Gasteiger partial charge in [0.25, 0.3) is 0 Å². The van der Waals surface area contributed by atoms with E-state index in [2.05, 4.69) is 54.1 Å². The predicted molar refractivity (Wildman–Crippen MR) is 262 cm³/mol. The van der Waals surface area contributed by atoms with E-state index in [1.54, 1.807) is 26.4 Å². The zero-order chi connectivity index (χ0) is 47.7. The molecule has 2 aliphatic heterocycles. The number of fused-ring (bicyclic) bond motifs is 1. The van der Waals surface area contributed by atoms with Gasteiger partial charge in [0, 0.05) is 103 Å². The number of alkyl halides is 3. The van der Waals surface area contributed by atoms with Gasteiger partial charge in [0.05, 0.1) is 19.8 Å². The van der Waals surface area contributed by atoms with E-state index in [4.69, 9.17) is 37.4 Å². The van der Waals surface area contributed by atoms with Crippen LogP contribution in [0.1, 0.15) is 54.4 Å². The van der Waals surface area contributed by atoms with Crippen molar-refractivity contribution >= 4 is 39.9 Å². The second-order valence-electron chi connectivity index (χ2n) is 17.6. The molecule has 360 valence electrons. The van der Waals surface area contributed by atoms with Crippen molar-refractivity contribution in [2.75, 3.05) is 53.5 Å². The smallest absolute Gasteiger partial charge is 0.497 e. The van der Waals surface area contributed by atoms with E-state index in [9.17, 15) is 18.0 Å². The molecular weight excluding hydrogens is 915 g/mol. The quantitative estimate of drug-likeness (QED) is 0.0726. The number of rotatable bonds is 20. The molecule has 10 nitrogen and oxygen atoms in total. The van der Waals surface area contributed by atoms with Crippen molar-refractivity contribution in [3.05, 3.63) is 142 Å². The van der Waals surface area contributed by atoms with Crippen LogP contribution in [0.15, 0.2) is 109 Å². The van der Waals surface area contributed by atoms with Crippen LogP contribution in [0.2, 0.25) is 10.0 Å². The van der Waals surface area contributed by atoms with E-state index < -0.39 is 11.9 Å². The fraction of sp³-hybridized carbons (Fsp3) is 0.377. The molecule has 2 fully saturated rings. The molecule has 3 heterocycles. The highest BCUT2D eigenvalue weighted by atomic mass is 35.5. The number of carbonyl (C=O) groups is 1. The summed E-state index contributed by atoms with van der Waals surface area (Å²) in [5.41, 5.74) is 6.14. The number of hydrogen-bond donors (Lipinski definition) is 2. The topological polar surface area (TPSA) is 89.5 Å². The van der Waals surface area contributed by atoms with E-state index in [-0.39, 0.29) is 11.5 Å². The van der Waals surface area contributed by atoms with Gasteiger partial charge in [-0.1, -0.05) is 59.6 Å². The Morgan fingerprint density at radius 1 is 0.735 bits per heavy atom. The molecule has 6 aromatic rings. The fourth-order valence-electron chi connectivity index (χ4n) is 9.31. The summed E-state index contributed by atoms with van der Waals surface area (Å²) in [6, 6.07) is 31.8. The lowest BCUT2D eigenvalue weighted by molar-refractivity contribution is -0.274. The van der Waals surface area contributed by atoms with Crippen LogP contribution in [0.3, 0.4) is 0 Å². The van der Waals surface area contributed by atoms with Crippen molar-refractivity contribution in [3.8, 4) is 34.1 Å². The molecule has 0 saturated carbocycles. The number of nitrogens with zero attached hydrogens (tertiary/aromatic N) is 3. The second-order valence-corrected chi connectivity index (χ2v) is 18.4. The molecule has 0 radical (unpaired) electrons. The van der Waals surface area contributed by atoms with Crippen LogP contribution < -0.4 is 29.6 Å². The lowest BCUT2D eigenvalue weighted by atomic mass is 9.82. The van der Waals surface area contributed by atoms with Crippen LogP contribution in [0.25, 0.3) is 22.0 Å². The molecule has 0 amide bonds. The van der Waals surface area contributed by atoms with Gasteiger partial charge in [-0.05, 0) is 122 Å². The van der Waals surface area contributed by atoms with E-state index in [0.717, 1.165) is 102 Å². The lowest BCUT2D eigenvalue weighted by Crippen LogP contribution is -2.57. The number of unbranched alkanes of at least 4 members (excludes halogenated alkanes) is 1. The normalized spacial score (nSPS) is 15.6. The SMILES string of the molecule is COc1cc(COc2cccc(CNC3(C(=O)CCCCn4cc(-c5ccc(OC(F)(F)F)cc5)c5cc(CN6CCN(Cc7c(Cl)cccc7Cl)CC6)ccc54)CCNCC3)c2)cc(OC)c1. The molecular formula is C53H58Cl2F3N5O5. The van der Waals surface area contributed by atoms with Crippen LogP contribution in [0, 0.1) is 0 Å². The number of Topliss-reactive ketones (excluding diaryl/α,β-unsaturated/α-hetero) is 1. The molecule has 8 rings (SSSR count). The van der Waals surface area contributed by atoms with Crippen molar-refractivity contribution in [2.45, 2.75) is 76.8 Å². The summed E-state index contributed by atoms with van der Waals surface area (Å²) in [6.07, 6.45) is 0.623. The van der Waals surface area contributed by atoms with Gasteiger partial charge in [-0.2, -0.15) is 0 Å². The summed E-state index contributed by atoms with van der Waals surface area (Å²) in [5, 5.41) is 9.47. The highest BCUT2D eigenvalue weighted by Crippen LogP contribution is 2.35. The third-order valence-electron chi connectivity index (χ3n) is 13.0. The minimum absolute atomic E-state index is 0.218. The van der Waals surface area contributed by atoms with Crippen LogP contribution in [-0.4, -0.2) is 85.5 Å². The Labute approximate surface area is 406 Å². The summed E-state index contributed by atoms with van der Waals surface area (Å²) in [7, 11) is 3.24. The average molecular weight is 973 g/mol. The Morgan fingerprint density at radius 3 is 2.07 bits per heavy atom. The first-order valence-corrected chi connectivity index (χ1v) is 23.9. The zero-order valence-electron chi connectivity index (χ0n) is 38.5. The molecule has 1 aromatic heterocycles. The predicted octanol–water partition coefficient (Wildman–Crippen LogP) is 11.1. The molecule has 68 heavy (non-hydrogen) atoms. The number of halogens is 5. The van der Waals surface area contributed by atoms with Crippen molar-refractivity contribution < 1.29 is 36.9 Å². The zero-order valence-corrected chi connectivity index (χ0v) is 40.0. The van der Waals surface area contributed by atoms with Gasteiger partial charge in [0.2, 0.25) is 0 Å². The largest absolute Gasteiger partial charge is 0.573 e. The van der Waals surface area contributed by atoms with E-state index in [1.807, 2.05) is 60.7 Å². The third kappa shape index (κ3) is 12.7. The molecule has 2 N–H and O–H groups in total. The van der Waals surface area contributed by atoms with Crippen molar-refractivity contribution in [3.63, 3.8) is 0 Å². The number of aromatic nitrogens is 1. The lowest BCUT2D eigenvalue weighted by Gasteiger charge is -2.37. The first-order valence-electron chi connectivity index (χ1n) is 23.2. The number of carbonyl (C=O) groups excluding carboxylic acids is 1. The Morgan fingerprint density at radius 2 is 1.40 bits per heavy atom. The molecule has 2 aliphatic rings.